The summed E-state index contributed by atoms with van der Waals surface area (Å²) in [6.45, 7) is 1.85. The predicted octanol–water partition coefficient (Wildman–Crippen LogP) is 1.38. The van der Waals surface area contributed by atoms with Crippen LogP contribution in [-0.2, 0) is 4.79 Å². The Balaban J connectivity index is 2.82. The fourth-order valence-corrected chi connectivity index (χ4v) is 1.17. The smallest absolute Gasteiger partial charge is 0.150 e. The van der Waals surface area contributed by atoms with Gasteiger partial charge in [-0.1, -0.05) is 5.92 Å². The first-order valence-electron chi connectivity index (χ1n) is 3.20. The van der Waals surface area contributed by atoms with Crippen molar-refractivity contribution in [1.29, 1.82) is 0 Å². The van der Waals surface area contributed by atoms with Crippen LogP contribution >= 0.6 is 0 Å². The second-order valence-electron chi connectivity index (χ2n) is 2.75. The minimum absolute atomic E-state index is 0.241. The highest BCUT2D eigenvalue weighted by atomic mass is 16.1. The monoisotopic (exact) mass is 122 g/mol. The fourth-order valence-electron chi connectivity index (χ4n) is 1.17. The second kappa shape index (κ2) is 1.88. The molecule has 0 bridgehead atoms. The maximum atomic E-state index is 11.0. The lowest BCUT2D eigenvalue weighted by Gasteiger charge is -2.11. The summed E-state index contributed by atoms with van der Waals surface area (Å²) < 4.78 is 0. The molecule has 0 aliphatic heterocycles. The van der Waals surface area contributed by atoms with Crippen LogP contribution in [0.25, 0.3) is 0 Å². The van der Waals surface area contributed by atoms with Gasteiger partial charge in [-0.3, -0.25) is 4.79 Å². The molecule has 0 heterocycles. The largest absolute Gasteiger partial charge is 0.298 e. The van der Waals surface area contributed by atoms with Gasteiger partial charge >= 0.3 is 0 Å². The molecule has 0 radical (unpaired) electrons. The topological polar surface area (TPSA) is 17.1 Å². The summed E-state index contributed by atoms with van der Waals surface area (Å²) in [5, 5.41) is 0. The summed E-state index contributed by atoms with van der Waals surface area (Å²) >= 11 is 0. The second-order valence-corrected chi connectivity index (χ2v) is 2.75. The normalized spacial score (nSPS) is 34.4. The Morgan fingerprint density at radius 3 is 2.67 bits per heavy atom. The Kier molecular flexibility index (Phi) is 1.32. The molecular weight excluding hydrogens is 112 g/mol. The van der Waals surface area contributed by atoms with Crippen molar-refractivity contribution in [3.05, 3.63) is 0 Å². The van der Waals surface area contributed by atoms with E-state index >= 15 is 0 Å². The number of Topliss-reactive ketones (excluding diaryl/α,β-unsaturated/α-hetero) is 1. The third-order valence-electron chi connectivity index (χ3n) is 2.01. The summed E-state index contributed by atoms with van der Waals surface area (Å²) in [5.41, 5.74) is -0.417. The van der Waals surface area contributed by atoms with Crippen molar-refractivity contribution in [2.24, 2.45) is 5.41 Å². The van der Waals surface area contributed by atoms with Crippen molar-refractivity contribution in [2.75, 3.05) is 0 Å². The van der Waals surface area contributed by atoms with Crippen LogP contribution in [0.1, 0.15) is 26.2 Å². The highest BCUT2D eigenvalue weighted by Crippen LogP contribution is 2.32. The van der Waals surface area contributed by atoms with Crippen LogP contribution < -0.4 is 0 Å². The molecule has 1 atom stereocenters. The molecule has 0 aromatic heterocycles. The third-order valence-corrected chi connectivity index (χ3v) is 2.01. The Labute approximate surface area is 55.4 Å². The average molecular weight is 122 g/mol. The zero-order valence-electron chi connectivity index (χ0n) is 5.61. The fraction of sp³-hybridized carbons (Fsp3) is 0.625. The van der Waals surface area contributed by atoms with E-state index in [4.69, 9.17) is 6.42 Å². The van der Waals surface area contributed by atoms with E-state index in [0.29, 0.717) is 6.42 Å². The van der Waals surface area contributed by atoms with Crippen LogP contribution in [0.4, 0.5) is 0 Å². The summed E-state index contributed by atoms with van der Waals surface area (Å²) in [6.07, 6.45) is 7.72. The lowest BCUT2D eigenvalue weighted by atomic mass is 9.89. The van der Waals surface area contributed by atoms with E-state index in [1.54, 1.807) is 0 Å². The van der Waals surface area contributed by atoms with E-state index in [1.165, 1.54) is 0 Å². The van der Waals surface area contributed by atoms with Crippen molar-refractivity contribution in [2.45, 2.75) is 26.2 Å². The number of hydrogen-bond donors (Lipinski definition) is 0. The van der Waals surface area contributed by atoms with E-state index in [9.17, 15) is 4.79 Å². The molecule has 0 aromatic rings. The summed E-state index contributed by atoms with van der Waals surface area (Å²) in [5.74, 6) is 2.78. The molecular formula is C8H10O. The molecule has 9 heavy (non-hydrogen) atoms. The molecule has 1 heteroatoms. The Morgan fingerprint density at radius 1 is 1.78 bits per heavy atom. The molecule has 0 N–H and O–H groups in total. The summed E-state index contributed by atoms with van der Waals surface area (Å²) in [7, 11) is 0. The molecule has 0 spiro atoms. The third kappa shape index (κ3) is 0.853. The molecule has 1 saturated carbocycles. The van der Waals surface area contributed by atoms with Crippen molar-refractivity contribution in [3.8, 4) is 12.3 Å². The molecule has 1 nitrogen and oxygen atoms in total. The molecule has 1 rings (SSSR count). The van der Waals surface area contributed by atoms with Gasteiger partial charge in [0, 0.05) is 6.42 Å². The van der Waals surface area contributed by atoms with Crippen LogP contribution in [0, 0.1) is 17.8 Å². The van der Waals surface area contributed by atoms with E-state index in [0.717, 1.165) is 12.8 Å². The summed E-state index contributed by atoms with van der Waals surface area (Å²) in [4.78, 5) is 11.0. The number of carbonyl (C=O) groups is 1. The van der Waals surface area contributed by atoms with Crippen LogP contribution in [0.5, 0.6) is 0 Å². The van der Waals surface area contributed by atoms with Crippen LogP contribution in [0.2, 0.25) is 0 Å². The predicted molar refractivity (Wildman–Crippen MR) is 35.8 cm³/mol. The van der Waals surface area contributed by atoms with Crippen molar-refractivity contribution < 1.29 is 4.79 Å². The highest BCUT2D eigenvalue weighted by Gasteiger charge is 2.34. The first-order chi connectivity index (χ1) is 4.19. The van der Waals surface area contributed by atoms with E-state index in [1.807, 2.05) is 6.92 Å². The number of terminal acetylenes is 1. The summed E-state index contributed by atoms with van der Waals surface area (Å²) in [6, 6.07) is 0. The molecule has 1 fully saturated rings. The van der Waals surface area contributed by atoms with Crippen LogP contribution in [0.15, 0.2) is 0 Å². The molecule has 0 aromatic carbocycles. The lowest BCUT2D eigenvalue weighted by Crippen LogP contribution is -2.18. The molecule has 1 aliphatic carbocycles. The van der Waals surface area contributed by atoms with Gasteiger partial charge in [0.1, 0.15) is 0 Å². The van der Waals surface area contributed by atoms with E-state index in [2.05, 4.69) is 5.92 Å². The van der Waals surface area contributed by atoms with Gasteiger partial charge in [-0.25, -0.2) is 0 Å². The molecule has 1 aliphatic rings. The highest BCUT2D eigenvalue weighted by molar-refractivity contribution is 5.89. The van der Waals surface area contributed by atoms with Crippen LogP contribution in [-0.4, -0.2) is 5.78 Å². The minimum atomic E-state index is -0.417. The van der Waals surface area contributed by atoms with Gasteiger partial charge in [0.05, 0.1) is 5.41 Å². The van der Waals surface area contributed by atoms with E-state index < -0.39 is 5.41 Å². The quantitative estimate of drug-likeness (QED) is 0.443. The standard InChI is InChI=1S/C8H10O/c1-3-8(2)6-4-5-7(8)9/h1H,4-6H2,2H3. The molecule has 0 amide bonds. The minimum Gasteiger partial charge on any atom is -0.298 e. The molecule has 1 unspecified atom stereocenters. The van der Waals surface area contributed by atoms with Crippen molar-refractivity contribution >= 4 is 5.78 Å². The Bertz CT molecular complexity index is 175. The van der Waals surface area contributed by atoms with Gasteiger partial charge in [-0.2, -0.15) is 0 Å². The number of carbonyl (C=O) groups excluding carboxylic acids is 1. The SMILES string of the molecule is C#CC1(C)CCCC1=O. The Hall–Kier alpha value is -0.770. The first-order valence-corrected chi connectivity index (χ1v) is 3.20. The molecule has 0 saturated heterocycles. The lowest BCUT2D eigenvalue weighted by molar-refractivity contribution is -0.122. The number of ketones is 1. The van der Waals surface area contributed by atoms with Gasteiger partial charge in [-0.15, -0.1) is 6.42 Å². The van der Waals surface area contributed by atoms with Gasteiger partial charge in [-0.05, 0) is 19.8 Å². The zero-order valence-corrected chi connectivity index (χ0v) is 5.61. The van der Waals surface area contributed by atoms with Crippen LogP contribution in [0.3, 0.4) is 0 Å². The molecule has 48 valence electrons. The average Bonchev–Trinajstić information content (AvgIpc) is 2.15. The number of hydrogen-bond acceptors (Lipinski definition) is 1. The zero-order chi connectivity index (χ0) is 6.91. The van der Waals surface area contributed by atoms with E-state index in [-0.39, 0.29) is 5.78 Å². The van der Waals surface area contributed by atoms with Gasteiger partial charge < -0.3 is 0 Å². The first kappa shape index (κ1) is 6.35. The number of rotatable bonds is 0. The Morgan fingerprint density at radius 2 is 2.44 bits per heavy atom. The maximum Gasteiger partial charge on any atom is 0.150 e. The van der Waals surface area contributed by atoms with Gasteiger partial charge in [0.2, 0.25) is 0 Å². The van der Waals surface area contributed by atoms with Gasteiger partial charge in [0.15, 0.2) is 5.78 Å². The van der Waals surface area contributed by atoms with Crippen molar-refractivity contribution in [1.82, 2.24) is 0 Å². The maximum absolute atomic E-state index is 11.0. The van der Waals surface area contributed by atoms with Crippen molar-refractivity contribution in [3.63, 3.8) is 0 Å². The van der Waals surface area contributed by atoms with Gasteiger partial charge in [0.25, 0.3) is 0 Å².